The molecule has 2 nitrogen and oxygen atoms in total. The first-order chi connectivity index (χ1) is 8.72. The fraction of sp³-hybridized carbons (Fsp3) is 0.533. The number of hydrogen-bond acceptors (Lipinski definition) is 1. The van der Waals surface area contributed by atoms with E-state index in [4.69, 9.17) is 0 Å². The number of carbonyl (C=O) groups is 1. The molecule has 0 aliphatic heterocycles. The highest BCUT2D eigenvalue weighted by Gasteiger charge is 2.42. The van der Waals surface area contributed by atoms with Gasteiger partial charge in [0.2, 0.25) is 5.91 Å². The van der Waals surface area contributed by atoms with E-state index in [1.807, 2.05) is 0 Å². The molecule has 2 aliphatic carbocycles. The van der Waals surface area contributed by atoms with Crippen LogP contribution in [-0.2, 0) is 11.2 Å². The monoisotopic (exact) mass is 247 g/mol. The summed E-state index contributed by atoms with van der Waals surface area (Å²) in [4.78, 5) is 12.0. The summed E-state index contributed by atoms with van der Waals surface area (Å²) in [5, 5.41) is 3.17. The predicted molar refractivity (Wildman–Crippen MR) is 67.5 cm³/mol. The van der Waals surface area contributed by atoms with E-state index >= 15 is 0 Å². The Morgan fingerprint density at radius 2 is 1.72 bits per heavy atom. The van der Waals surface area contributed by atoms with Crippen LogP contribution < -0.4 is 5.32 Å². The third-order valence-corrected chi connectivity index (χ3v) is 3.87. The molecule has 2 fully saturated rings. The average molecular weight is 247 g/mol. The third kappa shape index (κ3) is 2.89. The summed E-state index contributed by atoms with van der Waals surface area (Å²) < 4.78 is 12.8. The normalized spacial score (nSPS) is 19.0. The summed E-state index contributed by atoms with van der Waals surface area (Å²) >= 11 is 0. The maximum absolute atomic E-state index is 12.8. The predicted octanol–water partition coefficient (Wildman–Crippen LogP) is 2.67. The highest BCUT2D eigenvalue weighted by molar-refractivity contribution is 5.79. The lowest BCUT2D eigenvalue weighted by Gasteiger charge is -2.17. The minimum Gasteiger partial charge on any atom is -0.353 e. The molecular weight excluding hydrogens is 229 g/mol. The zero-order valence-corrected chi connectivity index (χ0v) is 10.4. The quantitative estimate of drug-likeness (QED) is 0.851. The third-order valence-electron chi connectivity index (χ3n) is 3.87. The van der Waals surface area contributed by atoms with Gasteiger partial charge in [0.1, 0.15) is 5.82 Å². The number of hydrogen-bond donors (Lipinski definition) is 1. The second-order valence-electron chi connectivity index (χ2n) is 5.57. The fourth-order valence-electron chi connectivity index (χ4n) is 2.56. The van der Waals surface area contributed by atoms with Gasteiger partial charge in [0.05, 0.1) is 6.42 Å². The number of nitrogens with one attached hydrogen (secondary N) is 1. The van der Waals surface area contributed by atoms with E-state index in [9.17, 15) is 9.18 Å². The van der Waals surface area contributed by atoms with Gasteiger partial charge in [0.15, 0.2) is 0 Å². The largest absolute Gasteiger partial charge is 0.353 e. The first-order valence-electron chi connectivity index (χ1n) is 6.76. The van der Waals surface area contributed by atoms with Crippen molar-refractivity contribution in [1.29, 1.82) is 0 Å². The Hall–Kier alpha value is -1.38. The van der Waals surface area contributed by atoms with Crippen LogP contribution in [0.1, 0.15) is 31.2 Å². The van der Waals surface area contributed by atoms with Crippen LogP contribution in [0.3, 0.4) is 0 Å². The summed E-state index contributed by atoms with van der Waals surface area (Å²) in [6.07, 6.45) is 5.40. The summed E-state index contributed by atoms with van der Waals surface area (Å²) in [7, 11) is 0. The average Bonchev–Trinajstić information content (AvgIpc) is 3.22. The molecular formula is C15H18FNO. The van der Waals surface area contributed by atoms with E-state index in [2.05, 4.69) is 5.32 Å². The molecule has 3 heteroatoms. The molecule has 2 saturated carbocycles. The van der Waals surface area contributed by atoms with Crippen molar-refractivity contribution in [2.75, 3.05) is 0 Å². The maximum Gasteiger partial charge on any atom is 0.224 e. The van der Waals surface area contributed by atoms with Crippen molar-refractivity contribution < 1.29 is 9.18 Å². The van der Waals surface area contributed by atoms with Crippen LogP contribution in [0, 0.1) is 17.7 Å². The molecule has 1 aromatic rings. The molecule has 0 unspecified atom stereocenters. The number of amides is 1. The molecule has 2 aliphatic rings. The van der Waals surface area contributed by atoms with Gasteiger partial charge in [-0.25, -0.2) is 4.39 Å². The molecule has 0 heterocycles. The van der Waals surface area contributed by atoms with E-state index in [0.29, 0.717) is 12.5 Å². The lowest BCUT2D eigenvalue weighted by molar-refractivity contribution is -0.121. The Morgan fingerprint density at radius 3 is 2.22 bits per heavy atom. The molecule has 18 heavy (non-hydrogen) atoms. The summed E-state index contributed by atoms with van der Waals surface area (Å²) in [6, 6.07) is 6.57. The van der Waals surface area contributed by atoms with Crippen molar-refractivity contribution >= 4 is 5.91 Å². The minimum atomic E-state index is -0.256. The molecule has 96 valence electrons. The van der Waals surface area contributed by atoms with Gasteiger partial charge in [-0.1, -0.05) is 12.1 Å². The van der Waals surface area contributed by atoms with Gasteiger partial charge in [0.25, 0.3) is 0 Å². The number of carbonyl (C=O) groups excluding carboxylic acids is 1. The maximum atomic E-state index is 12.8. The highest BCUT2D eigenvalue weighted by Crippen LogP contribution is 2.44. The standard InChI is InChI=1S/C15H18FNO/c16-13-7-1-10(2-8-13)9-14(18)17-15(11-3-4-11)12-5-6-12/h1-2,7-8,11-12,15H,3-6,9H2,(H,17,18). The second-order valence-corrected chi connectivity index (χ2v) is 5.57. The van der Waals surface area contributed by atoms with Crippen molar-refractivity contribution in [3.63, 3.8) is 0 Å². The van der Waals surface area contributed by atoms with Crippen LogP contribution >= 0.6 is 0 Å². The lowest BCUT2D eigenvalue weighted by atomic mass is 10.1. The first-order valence-corrected chi connectivity index (χ1v) is 6.76. The second kappa shape index (κ2) is 4.71. The number of benzene rings is 1. The molecule has 0 aromatic heterocycles. The zero-order chi connectivity index (χ0) is 12.5. The Bertz CT molecular complexity index is 422. The van der Waals surface area contributed by atoms with Crippen LogP contribution in [0.25, 0.3) is 0 Å². The Labute approximate surface area is 107 Å². The fourth-order valence-corrected chi connectivity index (χ4v) is 2.56. The Morgan fingerprint density at radius 1 is 1.17 bits per heavy atom. The van der Waals surface area contributed by atoms with Gasteiger partial charge in [-0.3, -0.25) is 4.79 Å². The van der Waals surface area contributed by atoms with Crippen LogP contribution in [0.4, 0.5) is 4.39 Å². The molecule has 0 bridgehead atoms. The van der Waals surface area contributed by atoms with E-state index in [1.165, 1.54) is 37.8 Å². The van der Waals surface area contributed by atoms with Gasteiger partial charge in [0, 0.05) is 6.04 Å². The van der Waals surface area contributed by atoms with Crippen LogP contribution in [0.15, 0.2) is 24.3 Å². The Balaban J connectivity index is 1.55. The summed E-state index contributed by atoms with van der Waals surface area (Å²) in [5.74, 6) is 1.25. The van der Waals surface area contributed by atoms with E-state index < -0.39 is 0 Å². The summed E-state index contributed by atoms with van der Waals surface area (Å²) in [5.41, 5.74) is 0.874. The van der Waals surface area contributed by atoms with Crippen LogP contribution in [-0.4, -0.2) is 11.9 Å². The SMILES string of the molecule is O=C(Cc1ccc(F)cc1)NC(C1CC1)C1CC1. The molecule has 0 radical (unpaired) electrons. The number of halogens is 1. The molecule has 1 aromatic carbocycles. The molecule has 0 atom stereocenters. The zero-order valence-electron chi connectivity index (χ0n) is 10.4. The molecule has 3 rings (SSSR count). The molecule has 1 N–H and O–H groups in total. The van der Waals surface area contributed by atoms with E-state index in [1.54, 1.807) is 12.1 Å². The Kier molecular flexibility index (Phi) is 3.06. The molecule has 1 amide bonds. The van der Waals surface area contributed by atoms with Crippen molar-refractivity contribution in [1.82, 2.24) is 5.32 Å². The van der Waals surface area contributed by atoms with E-state index in [-0.39, 0.29) is 11.7 Å². The van der Waals surface area contributed by atoms with Crippen molar-refractivity contribution in [2.45, 2.75) is 38.1 Å². The van der Waals surface area contributed by atoms with Gasteiger partial charge in [-0.15, -0.1) is 0 Å². The van der Waals surface area contributed by atoms with E-state index in [0.717, 1.165) is 17.4 Å². The lowest BCUT2D eigenvalue weighted by Crippen LogP contribution is -2.38. The topological polar surface area (TPSA) is 29.1 Å². The molecule has 0 saturated heterocycles. The van der Waals surface area contributed by atoms with Crippen LogP contribution in [0.5, 0.6) is 0 Å². The van der Waals surface area contributed by atoms with Crippen LogP contribution in [0.2, 0.25) is 0 Å². The summed E-state index contributed by atoms with van der Waals surface area (Å²) in [6.45, 7) is 0. The smallest absolute Gasteiger partial charge is 0.224 e. The number of rotatable bonds is 5. The van der Waals surface area contributed by atoms with Crippen molar-refractivity contribution in [3.8, 4) is 0 Å². The van der Waals surface area contributed by atoms with Gasteiger partial charge in [-0.2, -0.15) is 0 Å². The van der Waals surface area contributed by atoms with Crippen molar-refractivity contribution in [3.05, 3.63) is 35.6 Å². The first kappa shape index (κ1) is 11.7. The minimum absolute atomic E-state index is 0.0745. The van der Waals surface area contributed by atoms with Crippen molar-refractivity contribution in [2.24, 2.45) is 11.8 Å². The van der Waals surface area contributed by atoms with Gasteiger partial charge < -0.3 is 5.32 Å². The van der Waals surface area contributed by atoms with Gasteiger partial charge >= 0.3 is 0 Å². The molecule has 0 spiro atoms. The highest BCUT2D eigenvalue weighted by atomic mass is 19.1. The van der Waals surface area contributed by atoms with Gasteiger partial charge in [-0.05, 0) is 55.2 Å².